The van der Waals surface area contributed by atoms with Gasteiger partial charge in [-0.1, -0.05) is 0 Å². The van der Waals surface area contributed by atoms with Gasteiger partial charge < -0.3 is 11.1 Å². The van der Waals surface area contributed by atoms with Crippen molar-refractivity contribution >= 4 is 18.3 Å². The summed E-state index contributed by atoms with van der Waals surface area (Å²) in [5, 5.41) is 3.25. The van der Waals surface area contributed by atoms with E-state index >= 15 is 0 Å². The van der Waals surface area contributed by atoms with Gasteiger partial charge in [0.25, 0.3) is 0 Å². The molecule has 0 radical (unpaired) electrons. The third-order valence-corrected chi connectivity index (χ3v) is 3.02. The summed E-state index contributed by atoms with van der Waals surface area (Å²) in [5.41, 5.74) is 6.31. The normalized spacial score (nSPS) is 16.3. The maximum atomic E-state index is 13.3. The Balaban J connectivity index is 0.00000144. The summed E-state index contributed by atoms with van der Waals surface area (Å²) in [4.78, 5) is 11.0. The largest absolute Gasteiger partial charge is 0.366 e. The van der Waals surface area contributed by atoms with Crippen molar-refractivity contribution < 1.29 is 9.18 Å². The number of hydrogen-bond donors (Lipinski definition) is 2. The number of benzene rings is 1. The summed E-state index contributed by atoms with van der Waals surface area (Å²) in [7, 11) is 0. The van der Waals surface area contributed by atoms with Crippen LogP contribution in [0.3, 0.4) is 0 Å². The molecular weight excluding hydrogens is 243 g/mol. The monoisotopic (exact) mass is 258 g/mol. The Morgan fingerprint density at radius 2 is 1.94 bits per heavy atom. The molecule has 17 heavy (non-hydrogen) atoms. The van der Waals surface area contributed by atoms with Crippen LogP contribution >= 0.6 is 12.4 Å². The number of halogens is 2. The van der Waals surface area contributed by atoms with E-state index in [4.69, 9.17) is 5.73 Å². The van der Waals surface area contributed by atoms with Gasteiger partial charge in [-0.15, -0.1) is 12.4 Å². The number of rotatable bonds is 2. The lowest BCUT2D eigenvalue weighted by atomic mass is 9.89. The highest BCUT2D eigenvalue weighted by molar-refractivity contribution is 5.92. The topological polar surface area (TPSA) is 55.1 Å². The number of primary amides is 1. The zero-order chi connectivity index (χ0) is 11.5. The first kappa shape index (κ1) is 13.9. The van der Waals surface area contributed by atoms with Crippen molar-refractivity contribution in [3.63, 3.8) is 0 Å². The first-order valence-corrected chi connectivity index (χ1v) is 5.48. The van der Waals surface area contributed by atoms with E-state index in [0.717, 1.165) is 31.5 Å². The Morgan fingerprint density at radius 3 is 2.53 bits per heavy atom. The van der Waals surface area contributed by atoms with Crippen LogP contribution < -0.4 is 11.1 Å². The standard InChI is InChI=1S/C12H15FN2O.ClH/c13-11-6-9(5-10(7-11)12(14)16)8-1-3-15-4-2-8;/h5-8,15H,1-4H2,(H2,14,16);1H. The minimum atomic E-state index is -0.574. The third kappa shape index (κ3) is 3.41. The minimum absolute atomic E-state index is 0. The Morgan fingerprint density at radius 1 is 1.29 bits per heavy atom. The average Bonchev–Trinajstić information content (AvgIpc) is 2.29. The predicted octanol–water partition coefficient (Wildman–Crippen LogP) is 1.81. The molecule has 3 nitrogen and oxygen atoms in total. The van der Waals surface area contributed by atoms with Crippen LogP contribution in [0.1, 0.15) is 34.7 Å². The van der Waals surface area contributed by atoms with E-state index in [2.05, 4.69) is 5.32 Å². The number of nitrogens with two attached hydrogens (primary N) is 1. The summed E-state index contributed by atoms with van der Waals surface area (Å²) in [6.45, 7) is 1.88. The Bertz CT molecular complexity index is 405. The molecule has 0 aliphatic carbocycles. The van der Waals surface area contributed by atoms with Gasteiger partial charge in [-0.25, -0.2) is 4.39 Å². The molecule has 1 amide bonds. The number of carbonyl (C=O) groups excluding carboxylic acids is 1. The van der Waals surface area contributed by atoms with Crippen LogP contribution in [-0.4, -0.2) is 19.0 Å². The molecule has 94 valence electrons. The molecular formula is C12H16ClFN2O. The van der Waals surface area contributed by atoms with Gasteiger partial charge in [0.05, 0.1) is 0 Å². The SMILES string of the molecule is Cl.NC(=O)c1cc(F)cc(C2CCNCC2)c1. The fourth-order valence-corrected chi connectivity index (χ4v) is 2.15. The molecule has 1 saturated heterocycles. The maximum absolute atomic E-state index is 13.3. The van der Waals surface area contributed by atoms with Gasteiger partial charge in [0.1, 0.15) is 5.82 Å². The zero-order valence-electron chi connectivity index (χ0n) is 9.41. The number of hydrogen-bond acceptors (Lipinski definition) is 2. The van der Waals surface area contributed by atoms with Crippen LogP contribution in [0.5, 0.6) is 0 Å². The van der Waals surface area contributed by atoms with Crippen LogP contribution in [0.2, 0.25) is 0 Å². The third-order valence-electron chi connectivity index (χ3n) is 3.02. The average molecular weight is 259 g/mol. The summed E-state index contributed by atoms with van der Waals surface area (Å²) >= 11 is 0. The van der Waals surface area contributed by atoms with Crippen molar-refractivity contribution in [2.75, 3.05) is 13.1 Å². The van der Waals surface area contributed by atoms with E-state index < -0.39 is 5.91 Å². The maximum Gasteiger partial charge on any atom is 0.248 e. The molecule has 0 atom stereocenters. The van der Waals surface area contributed by atoms with E-state index in [1.165, 1.54) is 12.1 Å². The lowest BCUT2D eigenvalue weighted by Crippen LogP contribution is -2.26. The van der Waals surface area contributed by atoms with Gasteiger partial charge in [-0.2, -0.15) is 0 Å². The molecule has 0 spiro atoms. The van der Waals surface area contributed by atoms with Crippen molar-refractivity contribution in [3.8, 4) is 0 Å². The number of amides is 1. The molecule has 1 aromatic rings. The first-order valence-electron chi connectivity index (χ1n) is 5.48. The lowest BCUT2D eigenvalue weighted by molar-refractivity contribution is 0.0999. The molecule has 5 heteroatoms. The fourth-order valence-electron chi connectivity index (χ4n) is 2.15. The molecule has 3 N–H and O–H groups in total. The Kier molecular flexibility index (Phi) is 4.90. The summed E-state index contributed by atoms with van der Waals surface area (Å²) in [5.74, 6) is -0.630. The van der Waals surface area contributed by atoms with Gasteiger partial charge >= 0.3 is 0 Å². The molecule has 1 fully saturated rings. The first-order chi connectivity index (χ1) is 7.66. The highest BCUT2D eigenvalue weighted by Gasteiger charge is 2.17. The molecule has 0 bridgehead atoms. The van der Waals surface area contributed by atoms with Gasteiger partial charge in [-0.05, 0) is 55.6 Å². The van der Waals surface area contributed by atoms with E-state index in [1.807, 2.05) is 0 Å². The molecule has 0 aromatic heterocycles. The highest BCUT2D eigenvalue weighted by atomic mass is 35.5. The van der Waals surface area contributed by atoms with Crippen LogP contribution in [0.25, 0.3) is 0 Å². The summed E-state index contributed by atoms with van der Waals surface area (Å²) in [6, 6.07) is 4.40. The predicted molar refractivity (Wildman–Crippen MR) is 67.0 cm³/mol. The fraction of sp³-hybridized carbons (Fsp3) is 0.417. The van der Waals surface area contributed by atoms with E-state index in [-0.39, 0.29) is 23.8 Å². The number of nitrogens with one attached hydrogen (secondary N) is 1. The molecule has 1 aromatic carbocycles. The van der Waals surface area contributed by atoms with E-state index in [0.29, 0.717) is 5.92 Å². The smallest absolute Gasteiger partial charge is 0.248 e. The summed E-state index contributed by atoms with van der Waals surface area (Å²) in [6.07, 6.45) is 1.95. The van der Waals surface area contributed by atoms with Gasteiger partial charge in [0.15, 0.2) is 0 Å². The van der Waals surface area contributed by atoms with Crippen LogP contribution in [0.15, 0.2) is 18.2 Å². The highest BCUT2D eigenvalue weighted by Crippen LogP contribution is 2.26. The summed E-state index contributed by atoms with van der Waals surface area (Å²) < 4.78 is 13.3. The number of carbonyl (C=O) groups is 1. The lowest BCUT2D eigenvalue weighted by Gasteiger charge is -2.23. The Labute approximate surface area is 106 Å². The van der Waals surface area contributed by atoms with E-state index in [9.17, 15) is 9.18 Å². The van der Waals surface area contributed by atoms with Crippen molar-refractivity contribution in [1.29, 1.82) is 0 Å². The molecule has 2 rings (SSSR count). The van der Waals surface area contributed by atoms with Crippen molar-refractivity contribution in [3.05, 3.63) is 35.1 Å². The molecule has 0 saturated carbocycles. The zero-order valence-corrected chi connectivity index (χ0v) is 10.2. The van der Waals surface area contributed by atoms with Crippen LogP contribution in [0.4, 0.5) is 4.39 Å². The molecule has 1 aliphatic rings. The van der Waals surface area contributed by atoms with Crippen LogP contribution in [0, 0.1) is 5.82 Å². The molecule has 0 unspecified atom stereocenters. The second-order valence-corrected chi connectivity index (χ2v) is 4.16. The quantitative estimate of drug-likeness (QED) is 0.850. The number of piperidine rings is 1. The van der Waals surface area contributed by atoms with Gasteiger partial charge in [0, 0.05) is 5.56 Å². The van der Waals surface area contributed by atoms with Gasteiger partial charge in [0.2, 0.25) is 5.91 Å². The molecule has 1 aliphatic heterocycles. The Hall–Kier alpha value is -1.13. The van der Waals surface area contributed by atoms with E-state index in [1.54, 1.807) is 6.07 Å². The van der Waals surface area contributed by atoms with Gasteiger partial charge in [-0.3, -0.25) is 4.79 Å². The second kappa shape index (κ2) is 5.98. The second-order valence-electron chi connectivity index (χ2n) is 4.16. The van der Waals surface area contributed by atoms with Crippen LogP contribution in [-0.2, 0) is 0 Å². The minimum Gasteiger partial charge on any atom is -0.366 e. The van der Waals surface area contributed by atoms with Crippen molar-refractivity contribution in [1.82, 2.24) is 5.32 Å². The van der Waals surface area contributed by atoms with Crippen molar-refractivity contribution in [2.24, 2.45) is 5.73 Å². The molecule has 1 heterocycles. The van der Waals surface area contributed by atoms with Crippen molar-refractivity contribution in [2.45, 2.75) is 18.8 Å².